The first-order valence-electron chi connectivity index (χ1n) is 6.17. The van der Waals surface area contributed by atoms with E-state index in [-0.39, 0.29) is 12.5 Å². The summed E-state index contributed by atoms with van der Waals surface area (Å²) in [7, 11) is 0. The molecule has 0 atom stereocenters. The van der Waals surface area contributed by atoms with Crippen molar-refractivity contribution in [2.45, 2.75) is 20.8 Å². The fourth-order valence-corrected chi connectivity index (χ4v) is 1.91. The van der Waals surface area contributed by atoms with Crippen molar-refractivity contribution in [1.82, 2.24) is 10.2 Å². The number of benzene rings is 1. The van der Waals surface area contributed by atoms with E-state index in [0.717, 1.165) is 16.8 Å². The van der Waals surface area contributed by atoms with E-state index in [1.807, 2.05) is 20.8 Å². The highest BCUT2D eigenvalue weighted by Gasteiger charge is 2.08. The lowest BCUT2D eigenvalue weighted by Crippen LogP contribution is -2.20. The maximum absolute atomic E-state index is 11.7. The number of aromatic nitrogens is 2. The van der Waals surface area contributed by atoms with Gasteiger partial charge in [0.05, 0.1) is 0 Å². The van der Waals surface area contributed by atoms with Crippen LogP contribution in [0.25, 0.3) is 0 Å². The van der Waals surface area contributed by atoms with Crippen LogP contribution in [0.2, 0.25) is 5.02 Å². The number of hydrogen-bond acceptors (Lipinski definition) is 3. The summed E-state index contributed by atoms with van der Waals surface area (Å²) in [6, 6.07) is 5.36. The monoisotopic (exact) mass is 293 g/mol. The standard InChI is InChI=1S/C14H16ClN3O2/c1-8-4-11(5-9(2)14(8)15)20-7-13(19)16-12-6-10(3)17-18-12/h4-6H,7H2,1-3H3,(H2,16,17,18,19). The van der Waals surface area contributed by atoms with Gasteiger partial charge in [-0.3, -0.25) is 9.89 Å². The molecule has 0 aliphatic heterocycles. The van der Waals surface area contributed by atoms with Gasteiger partial charge in [0.2, 0.25) is 0 Å². The molecule has 1 amide bonds. The summed E-state index contributed by atoms with van der Waals surface area (Å²) in [5.74, 6) is 0.846. The average molecular weight is 294 g/mol. The van der Waals surface area contributed by atoms with Gasteiger partial charge in [-0.1, -0.05) is 11.6 Å². The van der Waals surface area contributed by atoms with Crippen LogP contribution in [0.1, 0.15) is 16.8 Å². The van der Waals surface area contributed by atoms with Gasteiger partial charge >= 0.3 is 0 Å². The molecule has 0 saturated carbocycles. The van der Waals surface area contributed by atoms with Crippen molar-refractivity contribution in [2.75, 3.05) is 11.9 Å². The second kappa shape index (κ2) is 5.96. The fourth-order valence-electron chi connectivity index (χ4n) is 1.80. The molecule has 0 unspecified atom stereocenters. The van der Waals surface area contributed by atoms with Gasteiger partial charge in [0.1, 0.15) is 5.75 Å². The van der Waals surface area contributed by atoms with E-state index >= 15 is 0 Å². The van der Waals surface area contributed by atoms with Gasteiger partial charge in [-0.15, -0.1) is 0 Å². The third-order valence-electron chi connectivity index (χ3n) is 2.75. The van der Waals surface area contributed by atoms with Crippen molar-refractivity contribution in [3.63, 3.8) is 0 Å². The third-order valence-corrected chi connectivity index (χ3v) is 3.35. The maximum Gasteiger partial charge on any atom is 0.263 e. The molecule has 20 heavy (non-hydrogen) atoms. The molecule has 1 aromatic carbocycles. The minimum absolute atomic E-state index is 0.0770. The van der Waals surface area contributed by atoms with Gasteiger partial charge < -0.3 is 10.1 Å². The maximum atomic E-state index is 11.7. The number of amides is 1. The van der Waals surface area contributed by atoms with Crippen LogP contribution in [-0.2, 0) is 4.79 Å². The Morgan fingerprint density at radius 2 is 1.95 bits per heavy atom. The van der Waals surface area contributed by atoms with Gasteiger partial charge in [0.15, 0.2) is 12.4 Å². The lowest BCUT2D eigenvalue weighted by atomic mass is 10.1. The van der Waals surface area contributed by atoms with Gasteiger partial charge in [0, 0.05) is 16.8 Å². The van der Waals surface area contributed by atoms with Crippen LogP contribution >= 0.6 is 11.6 Å². The van der Waals surface area contributed by atoms with E-state index in [0.29, 0.717) is 16.6 Å². The number of halogens is 1. The number of hydrogen-bond donors (Lipinski definition) is 2. The summed E-state index contributed by atoms with van der Waals surface area (Å²) < 4.78 is 5.45. The highest BCUT2D eigenvalue weighted by Crippen LogP contribution is 2.25. The zero-order valence-corrected chi connectivity index (χ0v) is 12.3. The SMILES string of the molecule is Cc1cc(NC(=O)COc2cc(C)c(Cl)c(C)c2)n[nH]1. The summed E-state index contributed by atoms with van der Waals surface area (Å²) >= 11 is 6.08. The summed E-state index contributed by atoms with van der Waals surface area (Å²) in [6.07, 6.45) is 0. The van der Waals surface area contributed by atoms with E-state index in [2.05, 4.69) is 15.5 Å². The van der Waals surface area contributed by atoms with E-state index in [1.54, 1.807) is 18.2 Å². The van der Waals surface area contributed by atoms with E-state index in [1.165, 1.54) is 0 Å². The first-order chi connectivity index (χ1) is 9.45. The van der Waals surface area contributed by atoms with Crippen LogP contribution in [0.5, 0.6) is 5.75 Å². The molecule has 106 valence electrons. The topological polar surface area (TPSA) is 67.0 Å². The highest BCUT2D eigenvalue weighted by atomic mass is 35.5. The van der Waals surface area contributed by atoms with Crippen molar-refractivity contribution in [2.24, 2.45) is 0 Å². The largest absolute Gasteiger partial charge is 0.484 e. The van der Waals surface area contributed by atoms with Crippen LogP contribution in [0.4, 0.5) is 5.82 Å². The molecule has 0 radical (unpaired) electrons. The zero-order chi connectivity index (χ0) is 14.7. The van der Waals surface area contributed by atoms with Crippen LogP contribution < -0.4 is 10.1 Å². The van der Waals surface area contributed by atoms with Crippen LogP contribution in [0.15, 0.2) is 18.2 Å². The third kappa shape index (κ3) is 3.51. The molecular weight excluding hydrogens is 278 g/mol. The van der Waals surface area contributed by atoms with E-state index in [4.69, 9.17) is 16.3 Å². The molecule has 6 heteroatoms. The Morgan fingerprint density at radius 1 is 1.30 bits per heavy atom. The van der Waals surface area contributed by atoms with Crippen molar-refractivity contribution in [3.8, 4) is 5.75 Å². The Morgan fingerprint density at radius 3 is 2.50 bits per heavy atom. The number of nitrogens with one attached hydrogen (secondary N) is 2. The Bertz CT molecular complexity index is 614. The summed E-state index contributed by atoms with van der Waals surface area (Å²) in [4.78, 5) is 11.7. The zero-order valence-electron chi connectivity index (χ0n) is 11.6. The number of aromatic amines is 1. The smallest absolute Gasteiger partial charge is 0.263 e. The van der Waals surface area contributed by atoms with Crippen molar-refractivity contribution in [1.29, 1.82) is 0 Å². The molecule has 2 N–H and O–H groups in total. The molecule has 1 heterocycles. The van der Waals surface area contributed by atoms with E-state index in [9.17, 15) is 4.79 Å². The Hall–Kier alpha value is -2.01. The molecule has 0 fully saturated rings. The Kier molecular flexibility index (Phi) is 4.29. The average Bonchev–Trinajstić information content (AvgIpc) is 2.78. The van der Waals surface area contributed by atoms with Crippen LogP contribution in [0.3, 0.4) is 0 Å². The molecule has 2 aromatic rings. The van der Waals surface area contributed by atoms with Crippen molar-refractivity contribution in [3.05, 3.63) is 40.0 Å². The first-order valence-corrected chi connectivity index (χ1v) is 6.55. The number of H-pyrrole nitrogens is 1. The number of aryl methyl sites for hydroxylation is 3. The first kappa shape index (κ1) is 14.4. The van der Waals surface area contributed by atoms with Crippen molar-refractivity contribution >= 4 is 23.3 Å². The number of ether oxygens (including phenoxy) is 1. The van der Waals surface area contributed by atoms with Gasteiger partial charge in [-0.25, -0.2) is 0 Å². The molecule has 0 aliphatic carbocycles. The predicted molar refractivity (Wildman–Crippen MR) is 78.4 cm³/mol. The number of carbonyl (C=O) groups is 1. The van der Waals surface area contributed by atoms with Crippen molar-refractivity contribution < 1.29 is 9.53 Å². The van der Waals surface area contributed by atoms with Gasteiger partial charge in [0.25, 0.3) is 5.91 Å². The minimum Gasteiger partial charge on any atom is -0.484 e. The lowest BCUT2D eigenvalue weighted by molar-refractivity contribution is -0.118. The van der Waals surface area contributed by atoms with Crippen LogP contribution in [0, 0.1) is 20.8 Å². The predicted octanol–water partition coefficient (Wildman–Crippen LogP) is 3.01. The molecule has 0 spiro atoms. The van der Waals surface area contributed by atoms with Gasteiger partial charge in [-0.2, -0.15) is 5.10 Å². The Balaban J connectivity index is 1.93. The lowest BCUT2D eigenvalue weighted by Gasteiger charge is -2.09. The minimum atomic E-state index is -0.262. The number of rotatable bonds is 4. The number of anilines is 1. The van der Waals surface area contributed by atoms with Gasteiger partial charge in [-0.05, 0) is 44.0 Å². The Labute approximate surface area is 122 Å². The van der Waals surface area contributed by atoms with Crippen LogP contribution in [-0.4, -0.2) is 22.7 Å². The number of nitrogens with zero attached hydrogens (tertiary/aromatic N) is 1. The molecule has 0 bridgehead atoms. The summed E-state index contributed by atoms with van der Waals surface area (Å²) in [5.41, 5.74) is 2.72. The summed E-state index contributed by atoms with van der Waals surface area (Å²) in [5, 5.41) is 10.0. The molecule has 0 aliphatic rings. The molecular formula is C14H16ClN3O2. The second-order valence-corrected chi connectivity index (χ2v) is 5.02. The fraction of sp³-hybridized carbons (Fsp3) is 0.286. The highest BCUT2D eigenvalue weighted by molar-refractivity contribution is 6.32. The number of carbonyl (C=O) groups excluding carboxylic acids is 1. The molecule has 5 nitrogen and oxygen atoms in total. The quantitative estimate of drug-likeness (QED) is 0.910. The molecule has 2 rings (SSSR count). The second-order valence-electron chi connectivity index (χ2n) is 4.64. The molecule has 1 aromatic heterocycles. The van der Waals surface area contributed by atoms with E-state index < -0.39 is 0 Å². The molecule has 0 saturated heterocycles. The summed E-state index contributed by atoms with van der Waals surface area (Å²) in [6.45, 7) is 5.58. The normalized spacial score (nSPS) is 10.4.